The second-order valence-electron chi connectivity index (χ2n) is 3.86. The topological polar surface area (TPSA) is 84.6 Å². The van der Waals surface area contributed by atoms with Gasteiger partial charge in [0.15, 0.2) is 0 Å². The molecule has 1 aliphatic carbocycles. The van der Waals surface area contributed by atoms with Crippen LogP contribution in [0.3, 0.4) is 0 Å². The summed E-state index contributed by atoms with van der Waals surface area (Å²) in [6.07, 6.45) is 4.87. The van der Waals surface area contributed by atoms with Gasteiger partial charge in [0, 0.05) is 6.54 Å². The van der Waals surface area contributed by atoms with E-state index >= 15 is 0 Å². The summed E-state index contributed by atoms with van der Waals surface area (Å²) in [5.41, 5.74) is 6.78. The fourth-order valence-electron chi connectivity index (χ4n) is 1.69. The van der Waals surface area contributed by atoms with Crippen molar-refractivity contribution in [3.8, 4) is 0 Å². The van der Waals surface area contributed by atoms with Crippen LogP contribution in [0.25, 0.3) is 0 Å². The molecule has 0 saturated heterocycles. The van der Waals surface area contributed by atoms with E-state index in [1.54, 1.807) is 0 Å². The first-order chi connectivity index (χ1) is 6.62. The lowest BCUT2D eigenvalue weighted by Crippen LogP contribution is -2.42. The van der Waals surface area contributed by atoms with Crippen LogP contribution in [0.4, 0.5) is 0 Å². The molecule has 14 heavy (non-hydrogen) atoms. The molecule has 0 aromatic carbocycles. The largest absolute Gasteiger partial charge is 0.388 e. The molecule has 5 nitrogen and oxygen atoms in total. The second-order valence-corrected chi connectivity index (χ2v) is 3.86. The minimum Gasteiger partial charge on any atom is -0.388 e. The van der Waals surface area contributed by atoms with Crippen molar-refractivity contribution in [2.45, 2.75) is 37.7 Å². The van der Waals surface area contributed by atoms with Crippen LogP contribution in [0.1, 0.15) is 32.1 Å². The summed E-state index contributed by atoms with van der Waals surface area (Å²) < 4.78 is 0. The highest BCUT2D eigenvalue weighted by Gasteiger charge is 2.28. The van der Waals surface area contributed by atoms with Crippen molar-refractivity contribution in [2.75, 3.05) is 13.2 Å². The van der Waals surface area contributed by atoms with E-state index < -0.39 is 11.5 Å². The van der Waals surface area contributed by atoms with Gasteiger partial charge in [0.1, 0.15) is 6.61 Å². The number of hydrogen-bond acceptors (Lipinski definition) is 4. The van der Waals surface area contributed by atoms with Gasteiger partial charge in [-0.1, -0.05) is 19.3 Å². The Kier molecular flexibility index (Phi) is 4.31. The minimum absolute atomic E-state index is 0.157. The van der Waals surface area contributed by atoms with Crippen LogP contribution in [-0.2, 0) is 9.63 Å². The van der Waals surface area contributed by atoms with Crippen LogP contribution in [-0.4, -0.2) is 29.8 Å². The second kappa shape index (κ2) is 5.29. The molecule has 0 bridgehead atoms. The van der Waals surface area contributed by atoms with Crippen molar-refractivity contribution in [1.82, 2.24) is 5.48 Å². The van der Waals surface area contributed by atoms with E-state index in [0.29, 0.717) is 6.54 Å². The lowest BCUT2D eigenvalue weighted by Gasteiger charge is -2.31. The Labute approximate surface area is 83.6 Å². The number of rotatable bonds is 5. The maximum atomic E-state index is 10.3. The summed E-state index contributed by atoms with van der Waals surface area (Å²) in [7, 11) is 0. The first-order valence-electron chi connectivity index (χ1n) is 4.98. The van der Waals surface area contributed by atoms with E-state index in [2.05, 4.69) is 5.48 Å². The maximum absolute atomic E-state index is 10.3. The molecule has 0 aliphatic heterocycles. The third kappa shape index (κ3) is 4.04. The predicted octanol–water partition coefficient (Wildman–Crippen LogP) is -0.312. The average Bonchev–Trinajstić information content (AvgIpc) is 2.14. The molecule has 5 heteroatoms. The standard InChI is InChI=1S/C9H18N2O3/c10-8(12)6-14-11-7-9(13)4-2-1-3-5-9/h11,13H,1-7H2,(H2,10,12). The molecule has 0 aromatic rings. The number of carbonyl (C=O) groups is 1. The summed E-state index contributed by atoms with van der Waals surface area (Å²) in [6.45, 7) is 0.205. The fraction of sp³-hybridized carbons (Fsp3) is 0.889. The molecule has 1 aliphatic rings. The van der Waals surface area contributed by atoms with Crippen LogP contribution in [0.15, 0.2) is 0 Å². The lowest BCUT2D eigenvalue weighted by molar-refractivity contribution is -0.127. The van der Waals surface area contributed by atoms with Gasteiger partial charge in [0.2, 0.25) is 5.91 Å². The highest BCUT2D eigenvalue weighted by molar-refractivity contribution is 5.74. The van der Waals surface area contributed by atoms with Crippen molar-refractivity contribution in [3.63, 3.8) is 0 Å². The Morgan fingerprint density at radius 3 is 2.64 bits per heavy atom. The van der Waals surface area contributed by atoms with E-state index in [1.807, 2.05) is 0 Å². The SMILES string of the molecule is NC(=O)CONCC1(O)CCCCC1. The number of amides is 1. The van der Waals surface area contributed by atoms with E-state index in [4.69, 9.17) is 10.6 Å². The Morgan fingerprint density at radius 2 is 2.07 bits per heavy atom. The number of hydroxylamine groups is 1. The van der Waals surface area contributed by atoms with Gasteiger partial charge in [-0.3, -0.25) is 9.63 Å². The normalized spacial score (nSPS) is 20.6. The Bertz CT molecular complexity index is 190. The predicted molar refractivity (Wildman–Crippen MR) is 51.2 cm³/mol. The van der Waals surface area contributed by atoms with Gasteiger partial charge in [0.05, 0.1) is 5.60 Å². The van der Waals surface area contributed by atoms with E-state index in [-0.39, 0.29) is 6.61 Å². The number of primary amides is 1. The quantitative estimate of drug-likeness (QED) is 0.421. The smallest absolute Gasteiger partial charge is 0.245 e. The van der Waals surface area contributed by atoms with Gasteiger partial charge < -0.3 is 10.8 Å². The number of hydrogen-bond donors (Lipinski definition) is 3. The molecule has 0 unspecified atom stereocenters. The summed E-state index contributed by atoms with van der Waals surface area (Å²) in [5, 5.41) is 9.98. The maximum Gasteiger partial charge on any atom is 0.245 e. The molecular formula is C9H18N2O3. The van der Waals surface area contributed by atoms with Crippen LogP contribution in [0.2, 0.25) is 0 Å². The Balaban J connectivity index is 2.12. The molecule has 0 aromatic heterocycles. The highest BCUT2D eigenvalue weighted by atomic mass is 16.6. The Morgan fingerprint density at radius 1 is 1.43 bits per heavy atom. The molecule has 4 N–H and O–H groups in total. The lowest BCUT2D eigenvalue weighted by atomic mass is 9.85. The average molecular weight is 202 g/mol. The first-order valence-corrected chi connectivity index (χ1v) is 4.98. The van der Waals surface area contributed by atoms with Gasteiger partial charge in [-0.15, -0.1) is 0 Å². The van der Waals surface area contributed by atoms with Crippen molar-refractivity contribution in [1.29, 1.82) is 0 Å². The number of aliphatic hydroxyl groups is 1. The van der Waals surface area contributed by atoms with E-state index in [9.17, 15) is 9.90 Å². The fourth-order valence-corrected chi connectivity index (χ4v) is 1.69. The van der Waals surface area contributed by atoms with E-state index in [0.717, 1.165) is 25.7 Å². The van der Waals surface area contributed by atoms with Crippen LogP contribution in [0, 0.1) is 0 Å². The number of carbonyl (C=O) groups excluding carboxylic acids is 1. The van der Waals surface area contributed by atoms with Crippen molar-refractivity contribution < 1.29 is 14.7 Å². The molecule has 0 heterocycles. The summed E-state index contributed by atoms with van der Waals surface area (Å²) >= 11 is 0. The van der Waals surface area contributed by atoms with Gasteiger partial charge in [0.25, 0.3) is 0 Å². The molecule has 1 fully saturated rings. The van der Waals surface area contributed by atoms with Crippen molar-refractivity contribution in [2.24, 2.45) is 5.73 Å². The van der Waals surface area contributed by atoms with E-state index in [1.165, 1.54) is 6.42 Å². The van der Waals surface area contributed by atoms with Crippen molar-refractivity contribution in [3.05, 3.63) is 0 Å². The highest BCUT2D eigenvalue weighted by Crippen LogP contribution is 2.27. The van der Waals surface area contributed by atoms with Gasteiger partial charge in [-0.05, 0) is 12.8 Å². The number of nitrogens with one attached hydrogen (secondary N) is 1. The molecule has 0 atom stereocenters. The van der Waals surface area contributed by atoms with Crippen LogP contribution < -0.4 is 11.2 Å². The van der Waals surface area contributed by atoms with Crippen LogP contribution in [0.5, 0.6) is 0 Å². The molecule has 0 radical (unpaired) electrons. The monoisotopic (exact) mass is 202 g/mol. The van der Waals surface area contributed by atoms with Gasteiger partial charge in [-0.25, -0.2) is 0 Å². The summed E-state index contributed by atoms with van der Waals surface area (Å²) in [4.78, 5) is 15.1. The minimum atomic E-state index is -0.671. The molecule has 0 spiro atoms. The van der Waals surface area contributed by atoms with Crippen LogP contribution >= 0.6 is 0 Å². The molecule has 1 saturated carbocycles. The third-order valence-corrected chi connectivity index (χ3v) is 2.50. The zero-order chi connectivity index (χ0) is 10.4. The molecule has 1 amide bonds. The zero-order valence-electron chi connectivity index (χ0n) is 8.29. The molecular weight excluding hydrogens is 184 g/mol. The first kappa shape index (κ1) is 11.4. The summed E-state index contributed by atoms with van der Waals surface area (Å²) in [5.74, 6) is -0.520. The van der Waals surface area contributed by atoms with Gasteiger partial charge in [-0.2, -0.15) is 5.48 Å². The molecule has 82 valence electrons. The van der Waals surface area contributed by atoms with Gasteiger partial charge >= 0.3 is 0 Å². The summed E-state index contributed by atoms with van der Waals surface area (Å²) in [6, 6.07) is 0. The van der Waals surface area contributed by atoms with Crippen molar-refractivity contribution >= 4 is 5.91 Å². The Hall–Kier alpha value is -0.650. The third-order valence-electron chi connectivity index (χ3n) is 2.50. The zero-order valence-corrected chi connectivity index (χ0v) is 8.29. The number of nitrogens with two attached hydrogens (primary N) is 1. The molecule has 1 rings (SSSR count).